The number of aryl methyl sites for hydroxylation is 1. The summed E-state index contributed by atoms with van der Waals surface area (Å²) in [7, 11) is 0. The van der Waals surface area contributed by atoms with Gasteiger partial charge in [0.1, 0.15) is 0 Å². The highest BCUT2D eigenvalue weighted by molar-refractivity contribution is 5.55. The zero-order chi connectivity index (χ0) is 15.1. The Balaban J connectivity index is 2.05. The predicted molar refractivity (Wildman–Crippen MR) is 91.2 cm³/mol. The average Bonchev–Trinajstić information content (AvgIpc) is 2.47. The third-order valence-corrected chi connectivity index (χ3v) is 4.49. The van der Waals surface area contributed by atoms with E-state index in [1.807, 2.05) is 0 Å². The number of rotatable bonds is 6. The zero-order valence-electron chi connectivity index (χ0n) is 13.4. The average molecular weight is 284 g/mol. The largest absolute Gasteiger partial charge is 0.396 e. The third-order valence-electron chi connectivity index (χ3n) is 4.49. The molecule has 2 rings (SSSR count). The number of aliphatic hydroxyl groups excluding tert-OH is 1. The maximum absolute atomic E-state index is 8.86. The molecule has 0 fully saturated rings. The van der Waals surface area contributed by atoms with Crippen LogP contribution in [0, 0.1) is 5.92 Å². The van der Waals surface area contributed by atoms with Crippen LogP contribution >= 0.6 is 0 Å². The molecule has 0 aromatic heterocycles. The van der Waals surface area contributed by atoms with Crippen LogP contribution in [-0.4, -0.2) is 11.7 Å². The Morgan fingerprint density at radius 3 is 2.86 bits per heavy atom. The molecule has 1 aliphatic carbocycles. The van der Waals surface area contributed by atoms with Crippen molar-refractivity contribution in [3.63, 3.8) is 0 Å². The molecule has 21 heavy (non-hydrogen) atoms. The van der Waals surface area contributed by atoms with Crippen molar-refractivity contribution < 1.29 is 5.11 Å². The molecule has 0 aliphatic heterocycles. The molecule has 1 atom stereocenters. The van der Waals surface area contributed by atoms with Crippen LogP contribution in [0.5, 0.6) is 0 Å². The van der Waals surface area contributed by atoms with Crippen molar-refractivity contribution in [3.8, 4) is 0 Å². The highest BCUT2D eigenvalue weighted by atomic mass is 16.2. The molecule has 0 saturated carbocycles. The molecule has 1 aromatic carbocycles. The molecular weight excluding hydrogens is 256 g/mol. The van der Waals surface area contributed by atoms with Gasteiger partial charge in [-0.2, -0.15) is 0 Å². The summed E-state index contributed by atoms with van der Waals surface area (Å²) in [5.74, 6) is 0.697. The van der Waals surface area contributed by atoms with E-state index in [1.54, 1.807) is 5.57 Å². The van der Waals surface area contributed by atoms with Crippen molar-refractivity contribution in [2.24, 2.45) is 5.92 Å². The van der Waals surface area contributed by atoms with Crippen LogP contribution in [0.25, 0.3) is 6.08 Å². The summed E-state index contributed by atoms with van der Waals surface area (Å²) in [5, 5.41) is 8.86. The predicted octanol–water partition coefficient (Wildman–Crippen LogP) is 5.15. The van der Waals surface area contributed by atoms with Gasteiger partial charge in [-0.25, -0.2) is 0 Å². The van der Waals surface area contributed by atoms with E-state index in [0.29, 0.717) is 12.5 Å². The second-order valence-electron chi connectivity index (χ2n) is 6.29. The molecule has 0 radical (unpaired) electrons. The van der Waals surface area contributed by atoms with Crippen molar-refractivity contribution in [3.05, 3.63) is 52.6 Å². The van der Waals surface area contributed by atoms with Crippen LogP contribution in [0.1, 0.15) is 57.1 Å². The molecule has 1 heteroatoms. The highest BCUT2D eigenvalue weighted by Crippen LogP contribution is 2.30. The van der Waals surface area contributed by atoms with Crippen molar-refractivity contribution in [1.82, 2.24) is 0 Å². The minimum absolute atomic E-state index is 0.297. The topological polar surface area (TPSA) is 20.2 Å². The minimum Gasteiger partial charge on any atom is -0.396 e. The van der Waals surface area contributed by atoms with E-state index in [9.17, 15) is 0 Å². The Morgan fingerprint density at radius 2 is 2.10 bits per heavy atom. The first kappa shape index (κ1) is 16.0. The van der Waals surface area contributed by atoms with Crippen LogP contribution in [0.3, 0.4) is 0 Å². The Kier molecular flexibility index (Phi) is 6.25. The normalized spacial score (nSPS) is 19.5. The molecule has 1 nitrogen and oxygen atoms in total. The first-order chi connectivity index (χ1) is 10.2. The van der Waals surface area contributed by atoms with E-state index < -0.39 is 0 Å². The van der Waals surface area contributed by atoms with Gasteiger partial charge in [0.15, 0.2) is 0 Å². The van der Waals surface area contributed by atoms with Crippen molar-refractivity contribution in [2.45, 2.75) is 52.4 Å². The molecule has 0 amide bonds. The van der Waals surface area contributed by atoms with Gasteiger partial charge in [-0.05, 0) is 68.1 Å². The van der Waals surface area contributed by atoms with Crippen LogP contribution in [0.15, 0.2) is 41.5 Å². The summed E-state index contributed by atoms with van der Waals surface area (Å²) in [6.45, 7) is 4.92. The number of aliphatic hydroxyl groups is 1. The number of hydrogen-bond acceptors (Lipinski definition) is 1. The van der Waals surface area contributed by atoms with Crippen LogP contribution in [0.4, 0.5) is 0 Å². The van der Waals surface area contributed by atoms with E-state index >= 15 is 0 Å². The van der Waals surface area contributed by atoms with Gasteiger partial charge in [0.05, 0.1) is 0 Å². The molecule has 1 aromatic rings. The van der Waals surface area contributed by atoms with Gasteiger partial charge in [0, 0.05) is 6.61 Å². The lowest BCUT2D eigenvalue weighted by Crippen LogP contribution is -2.06. The smallest absolute Gasteiger partial charge is 0.0431 e. The van der Waals surface area contributed by atoms with E-state index in [-0.39, 0.29) is 0 Å². The van der Waals surface area contributed by atoms with E-state index in [0.717, 1.165) is 19.3 Å². The molecule has 1 N–H and O–H groups in total. The Bertz CT molecular complexity index is 510. The Hall–Kier alpha value is -1.34. The van der Waals surface area contributed by atoms with Crippen molar-refractivity contribution in [2.75, 3.05) is 6.61 Å². The SMILES string of the molecule is CC1=C(/C=C/c2cccc(CCCCO)c2)C(C)CCC1. The standard InChI is InChI=1S/C20H28O/c1-16-7-5-8-17(2)20(16)13-12-19-11-6-10-18(15-19)9-3-4-14-21/h6,10-13,15-16,21H,3-5,7-9,14H2,1-2H3/b13-12+. The molecule has 0 bridgehead atoms. The summed E-state index contributed by atoms with van der Waals surface area (Å²) >= 11 is 0. The van der Waals surface area contributed by atoms with E-state index in [1.165, 1.54) is 36.0 Å². The zero-order valence-corrected chi connectivity index (χ0v) is 13.4. The molecular formula is C20H28O. The monoisotopic (exact) mass is 284 g/mol. The number of allylic oxidation sites excluding steroid dienone is 3. The van der Waals surface area contributed by atoms with E-state index in [2.05, 4.69) is 50.3 Å². The molecule has 1 unspecified atom stereocenters. The van der Waals surface area contributed by atoms with E-state index in [4.69, 9.17) is 5.11 Å². The maximum Gasteiger partial charge on any atom is 0.0431 e. The molecule has 1 aliphatic rings. The molecule has 0 heterocycles. The Labute approximate surface area is 129 Å². The van der Waals surface area contributed by atoms with Gasteiger partial charge in [0.25, 0.3) is 0 Å². The summed E-state index contributed by atoms with van der Waals surface area (Å²) in [6, 6.07) is 8.77. The molecule has 114 valence electrons. The third kappa shape index (κ3) is 4.86. The van der Waals surface area contributed by atoms with Crippen molar-refractivity contribution in [1.29, 1.82) is 0 Å². The van der Waals surface area contributed by atoms with Crippen molar-refractivity contribution >= 4 is 6.08 Å². The van der Waals surface area contributed by atoms with Crippen LogP contribution in [0.2, 0.25) is 0 Å². The lowest BCUT2D eigenvalue weighted by atomic mass is 9.84. The Morgan fingerprint density at radius 1 is 1.24 bits per heavy atom. The first-order valence-electron chi connectivity index (χ1n) is 8.28. The first-order valence-corrected chi connectivity index (χ1v) is 8.28. The summed E-state index contributed by atoms with van der Waals surface area (Å²) in [6.07, 6.45) is 11.5. The number of hydrogen-bond donors (Lipinski definition) is 1. The minimum atomic E-state index is 0.297. The lowest BCUT2D eigenvalue weighted by molar-refractivity contribution is 0.284. The molecule has 0 spiro atoms. The second kappa shape index (κ2) is 8.19. The summed E-state index contributed by atoms with van der Waals surface area (Å²) in [5.41, 5.74) is 5.75. The van der Waals surface area contributed by atoms with Crippen LogP contribution < -0.4 is 0 Å². The van der Waals surface area contributed by atoms with Crippen LogP contribution in [-0.2, 0) is 6.42 Å². The van der Waals surface area contributed by atoms with Gasteiger partial charge < -0.3 is 5.11 Å². The highest BCUT2D eigenvalue weighted by Gasteiger charge is 2.14. The van der Waals surface area contributed by atoms with Gasteiger partial charge in [0.2, 0.25) is 0 Å². The van der Waals surface area contributed by atoms with Gasteiger partial charge in [-0.3, -0.25) is 0 Å². The fourth-order valence-corrected chi connectivity index (χ4v) is 3.18. The number of benzene rings is 1. The quantitative estimate of drug-likeness (QED) is 0.716. The second-order valence-corrected chi connectivity index (χ2v) is 6.29. The van der Waals surface area contributed by atoms with Gasteiger partial charge >= 0.3 is 0 Å². The summed E-state index contributed by atoms with van der Waals surface area (Å²) in [4.78, 5) is 0. The molecule has 0 saturated heterocycles. The lowest BCUT2D eigenvalue weighted by Gasteiger charge is -2.22. The maximum atomic E-state index is 8.86. The summed E-state index contributed by atoms with van der Waals surface area (Å²) < 4.78 is 0. The van der Waals surface area contributed by atoms with Gasteiger partial charge in [-0.15, -0.1) is 0 Å². The fraction of sp³-hybridized carbons (Fsp3) is 0.500. The number of unbranched alkanes of at least 4 members (excludes halogenated alkanes) is 1. The van der Waals surface area contributed by atoms with Gasteiger partial charge in [-0.1, -0.05) is 48.9 Å². The fourth-order valence-electron chi connectivity index (χ4n) is 3.18.